The molecule has 0 aliphatic carbocycles. The van der Waals surface area contributed by atoms with E-state index < -0.39 is 6.36 Å². The van der Waals surface area contributed by atoms with Crippen molar-refractivity contribution in [3.63, 3.8) is 0 Å². The Bertz CT molecular complexity index is 1620. The number of aromatic nitrogens is 3. The van der Waals surface area contributed by atoms with Gasteiger partial charge in [-0.25, -0.2) is 9.97 Å². The number of anilines is 1. The van der Waals surface area contributed by atoms with E-state index in [1.807, 2.05) is 31.2 Å². The molecule has 43 heavy (non-hydrogen) atoms. The van der Waals surface area contributed by atoms with Gasteiger partial charge < -0.3 is 9.64 Å². The van der Waals surface area contributed by atoms with Gasteiger partial charge in [-0.1, -0.05) is 72.8 Å². The maximum absolute atomic E-state index is 12.6. The van der Waals surface area contributed by atoms with Gasteiger partial charge in [-0.05, 0) is 41.8 Å². The topological polar surface area (TPSA) is 54.4 Å². The van der Waals surface area contributed by atoms with Crippen LogP contribution >= 0.6 is 0 Å². The highest BCUT2D eigenvalue weighted by atomic mass is 19.4. The predicted molar refractivity (Wildman–Crippen MR) is 161 cm³/mol. The molecule has 0 saturated carbocycles. The molecule has 1 saturated heterocycles. The number of ether oxygens (including phenoxy) is 1. The van der Waals surface area contributed by atoms with Gasteiger partial charge >= 0.3 is 6.36 Å². The number of pyridine rings is 1. The lowest BCUT2D eigenvalue weighted by Gasteiger charge is -2.40. The summed E-state index contributed by atoms with van der Waals surface area (Å²) in [5.41, 5.74) is 5.57. The van der Waals surface area contributed by atoms with Crippen LogP contribution in [0.5, 0.6) is 5.75 Å². The molecule has 1 aliphatic heterocycles. The highest BCUT2D eigenvalue weighted by Gasteiger charge is 2.31. The van der Waals surface area contributed by atoms with Crippen LogP contribution in [0, 0.1) is 6.92 Å². The summed E-state index contributed by atoms with van der Waals surface area (Å²) in [6.45, 7) is 5.25. The summed E-state index contributed by atoms with van der Waals surface area (Å²) in [5, 5.41) is 0. The zero-order valence-corrected chi connectivity index (χ0v) is 23.6. The van der Waals surface area contributed by atoms with E-state index in [0.29, 0.717) is 5.82 Å². The zero-order chi connectivity index (χ0) is 29.8. The normalized spacial score (nSPS) is 14.2. The number of rotatable bonds is 7. The van der Waals surface area contributed by atoms with E-state index in [2.05, 4.69) is 73.0 Å². The van der Waals surface area contributed by atoms with Crippen molar-refractivity contribution in [2.45, 2.75) is 19.3 Å². The summed E-state index contributed by atoms with van der Waals surface area (Å²) in [6.07, 6.45) is -1.32. The van der Waals surface area contributed by atoms with Crippen molar-refractivity contribution in [1.29, 1.82) is 0 Å². The molecule has 5 aromatic rings. The average molecular weight is 582 g/mol. The van der Waals surface area contributed by atoms with Crippen LogP contribution in [0.4, 0.5) is 19.0 Å². The lowest BCUT2D eigenvalue weighted by atomic mass is 9.96. The Morgan fingerprint density at radius 1 is 0.698 bits per heavy atom. The van der Waals surface area contributed by atoms with Crippen LogP contribution in [0.25, 0.3) is 22.4 Å². The maximum Gasteiger partial charge on any atom is 0.573 e. The van der Waals surface area contributed by atoms with Gasteiger partial charge in [0.15, 0.2) is 0 Å². The van der Waals surface area contributed by atoms with E-state index in [9.17, 15) is 13.2 Å². The molecule has 218 valence electrons. The fourth-order valence-corrected chi connectivity index (χ4v) is 5.54. The molecule has 0 amide bonds. The SMILES string of the molecule is Cc1nc(-c2cncc(-c3ccc(OC(F)(F)F)cc3)c2)cc(N2CCN(C(c3ccccc3)c3ccccc3)CC2)n1. The van der Waals surface area contributed by atoms with Crippen LogP contribution in [-0.4, -0.2) is 52.4 Å². The lowest BCUT2D eigenvalue weighted by Crippen LogP contribution is -2.48. The molecular weight excluding hydrogens is 551 g/mol. The third-order valence-electron chi connectivity index (χ3n) is 7.51. The van der Waals surface area contributed by atoms with Crippen molar-refractivity contribution in [3.05, 3.63) is 126 Å². The first-order valence-corrected chi connectivity index (χ1v) is 14.1. The van der Waals surface area contributed by atoms with Gasteiger partial charge in [-0.2, -0.15) is 0 Å². The van der Waals surface area contributed by atoms with Gasteiger partial charge in [-0.15, -0.1) is 13.2 Å². The largest absolute Gasteiger partial charge is 0.573 e. The van der Waals surface area contributed by atoms with E-state index in [1.165, 1.54) is 23.3 Å². The molecule has 3 heterocycles. The molecular formula is C34H30F3N5O. The van der Waals surface area contributed by atoms with Crippen molar-refractivity contribution in [2.24, 2.45) is 0 Å². The Morgan fingerprint density at radius 2 is 1.30 bits per heavy atom. The first-order chi connectivity index (χ1) is 20.8. The second kappa shape index (κ2) is 12.2. The third-order valence-corrected chi connectivity index (χ3v) is 7.51. The van der Waals surface area contributed by atoms with Crippen LogP contribution in [-0.2, 0) is 0 Å². The molecule has 6 rings (SSSR count). The maximum atomic E-state index is 12.6. The van der Waals surface area contributed by atoms with Gasteiger partial charge in [0.2, 0.25) is 0 Å². The molecule has 1 fully saturated rings. The number of hydrogen-bond acceptors (Lipinski definition) is 6. The van der Waals surface area contributed by atoms with Crippen molar-refractivity contribution in [1.82, 2.24) is 19.9 Å². The smallest absolute Gasteiger partial charge is 0.406 e. The van der Waals surface area contributed by atoms with Crippen molar-refractivity contribution < 1.29 is 17.9 Å². The summed E-state index contributed by atoms with van der Waals surface area (Å²) in [6, 6.07) is 31.1. The fourth-order valence-electron chi connectivity index (χ4n) is 5.54. The Morgan fingerprint density at radius 3 is 1.91 bits per heavy atom. The van der Waals surface area contributed by atoms with Gasteiger partial charge in [0.25, 0.3) is 0 Å². The second-order valence-corrected chi connectivity index (χ2v) is 10.4. The van der Waals surface area contributed by atoms with E-state index >= 15 is 0 Å². The Labute approximate surface area is 248 Å². The number of hydrogen-bond donors (Lipinski definition) is 0. The molecule has 0 bridgehead atoms. The molecule has 2 aromatic heterocycles. The van der Waals surface area contributed by atoms with Crippen LogP contribution in [0.1, 0.15) is 23.0 Å². The van der Waals surface area contributed by atoms with E-state index in [4.69, 9.17) is 4.98 Å². The summed E-state index contributed by atoms with van der Waals surface area (Å²) >= 11 is 0. The molecule has 0 radical (unpaired) electrons. The molecule has 9 heteroatoms. The highest BCUT2D eigenvalue weighted by Crippen LogP contribution is 2.32. The molecule has 6 nitrogen and oxygen atoms in total. The minimum absolute atomic E-state index is 0.176. The molecule has 0 atom stereocenters. The predicted octanol–water partition coefficient (Wildman–Crippen LogP) is 7.32. The molecule has 3 aromatic carbocycles. The van der Waals surface area contributed by atoms with Gasteiger partial charge in [0.05, 0.1) is 11.7 Å². The van der Waals surface area contributed by atoms with Crippen LogP contribution in [0.15, 0.2) is 109 Å². The number of alkyl halides is 3. The van der Waals surface area contributed by atoms with Crippen LogP contribution in [0.2, 0.25) is 0 Å². The first kappa shape index (κ1) is 28.4. The average Bonchev–Trinajstić information content (AvgIpc) is 3.02. The fraction of sp³-hybridized carbons (Fsp3) is 0.206. The second-order valence-electron chi connectivity index (χ2n) is 10.4. The third kappa shape index (κ3) is 6.84. The quantitative estimate of drug-likeness (QED) is 0.201. The zero-order valence-electron chi connectivity index (χ0n) is 23.6. The number of nitrogens with zero attached hydrogens (tertiary/aromatic N) is 5. The molecule has 0 spiro atoms. The van der Waals surface area contributed by atoms with Crippen molar-refractivity contribution in [2.75, 3.05) is 31.1 Å². The van der Waals surface area contributed by atoms with Gasteiger partial charge in [0, 0.05) is 55.8 Å². The van der Waals surface area contributed by atoms with E-state index in [-0.39, 0.29) is 11.8 Å². The molecule has 0 N–H and O–H groups in total. The van der Waals surface area contributed by atoms with E-state index in [1.54, 1.807) is 24.5 Å². The monoisotopic (exact) mass is 581 g/mol. The number of aryl methyl sites for hydroxylation is 1. The molecule has 1 aliphatic rings. The van der Waals surface area contributed by atoms with E-state index in [0.717, 1.165) is 54.4 Å². The molecule has 0 unspecified atom stereocenters. The van der Waals surface area contributed by atoms with Gasteiger partial charge in [0.1, 0.15) is 17.4 Å². The minimum atomic E-state index is -4.73. The van der Waals surface area contributed by atoms with Crippen molar-refractivity contribution >= 4 is 5.82 Å². The van der Waals surface area contributed by atoms with Gasteiger partial charge in [-0.3, -0.25) is 9.88 Å². The highest BCUT2D eigenvalue weighted by molar-refractivity contribution is 5.71. The Balaban J connectivity index is 1.20. The number of halogens is 3. The number of benzene rings is 3. The van der Waals surface area contributed by atoms with Crippen molar-refractivity contribution in [3.8, 4) is 28.1 Å². The van der Waals surface area contributed by atoms with Crippen LogP contribution < -0.4 is 9.64 Å². The number of piperazine rings is 1. The lowest BCUT2D eigenvalue weighted by molar-refractivity contribution is -0.274. The summed E-state index contributed by atoms with van der Waals surface area (Å²) in [5.74, 6) is 1.24. The summed E-state index contributed by atoms with van der Waals surface area (Å²) in [7, 11) is 0. The first-order valence-electron chi connectivity index (χ1n) is 14.1. The standard InChI is InChI=1S/C34H30F3N5O/c1-24-39-31(29-20-28(22-38-23-29)25-12-14-30(15-13-25)43-34(35,36)37)21-32(40-24)41-16-18-42(19-17-41)33(26-8-4-2-5-9-26)27-10-6-3-7-11-27/h2-15,20-23,33H,16-19H2,1H3. The van der Waals surface area contributed by atoms with Crippen LogP contribution in [0.3, 0.4) is 0 Å². The summed E-state index contributed by atoms with van der Waals surface area (Å²) in [4.78, 5) is 18.6. The summed E-state index contributed by atoms with van der Waals surface area (Å²) < 4.78 is 41.6. The Hall–Kier alpha value is -4.76. The minimum Gasteiger partial charge on any atom is -0.406 e. The Kier molecular flexibility index (Phi) is 8.07.